The summed E-state index contributed by atoms with van der Waals surface area (Å²) >= 11 is 0. The molecule has 0 aromatic carbocycles. The van der Waals surface area contributed by atoms with Gasteiger partial charge in [-0.1, -0.05) is 6.92 Å². The van der Waals surface area contributed by atoms with Crippen LogP contribution >= 0.6 is 0 Å². The van der Waals surface area contributed by atoms with Crippen LogP contribution in [0.5, 0.6) is 0 Å². The summed E-state index contributed by atoms with van der Waals surface area (Å²) in [6, 6.07) is 0. The minimum absolute atomic E-state index is 0.0162. The third-order valence-electron chi connectivity index (χ3n) is 0.753. The number of rotatable bonds is 1. The lowest BCUT2D eigenvalue weighted by molar-refractivity contribution is 0.316. The molecule has 0 aromatic rings. The summed E-state index contributed by atoms with van der Waals surface area (Å²) in [5.41, 5.74) is 0. The molecule has 0 saturated carbocycles. The molecule has 0 saturated heterocycles. The number of aliphatic hydroxyl groups is 2. The van der Waals surface area contributed by atoms with Crippen molar-refractivity contribution in [2.24, 2.45) is 0 Å². The molecule has 0 aromatic heterocycles. The maximum absolute atomic E-state index is 8.56. The van der Waals surface area contributed by atoms with Crippen molar-refractivity contribution < 1.29 is 10.2 Å². The maximum Gasteiger partial charge on any atom is 0.129 e. The average Bonchev–Trinajstić information content (AvgIpc) is 1.65. The van der Waals surface area contributed by atoms with Gasteiger partial charge < -0.3 is 10.2 Å². The summed E-state index contributed by atoms with van der Waals surface area (Å²) in [5, 5.41) is 17.0. The first-order chi connectivity index (χ1) is 3.18. The standard InChI is InChI=1S/C5H10O2/c1-3-5(7)4(2)6/h6-7H,3H2,1-2H3/b5-4-. The van der Waals surface area contributed by atoms with Crippen molar-refractivity contribution in [2.75, 3.05) is 0 Å². The van der Waals surface area contributed by atoms with E-state index in [0.29, 0.717) is 6.42 Å². The van der Waals surface area contributed by atoms with Crippen LogP contribution in [0.3, 0.4) is 0 Å². The van der Waals surface area contributed by atoms with Gasteiger partial charge in [-0.2, -0.15) is 0 Å². The number of allylic oxidation sites excluding steroid dienone is 2. The van der Waals surface area contributed by atoms with Gasteiger partial charge in [-0.05, 0) is 6.92 Å². The molecule has 0 rings (SSSR count). The first kappa shape index (κ1) is 6.34. The van der Waals surface area contributed by atoms with Crippen LogP contribution < -0.4 is 0 Å². The lowest BCUT2D eigenvalue weighted by Gasteiger charge is -1.92. The van der Waals surface area contributed by atoms with E-state index in [9.17, 15) is 0 Å². The molecule has 0 aliphatic heterocycles. The first-order valence-electron chi connectivity index (χ1n) is 2.26. The minimum Gasteiger partial charge on any atom is -0.509 e. The van der Waals surface area contributed by atoms with E-state index in [1.807, 2.05) is 0 Å². The van der Waals surface area contributed by atoms with Crippen molar-refractivity contribution in [3.05, 3.63) is 11.5 Å². The lowest BCUT2D eigenvalue weighted by Crippen LogP contribution is -1.81. The fourth-order valence-corrected chi connectivity index (χ4v) is 0.256. The Balaban J connectivity index is 3.72. The van der Waals surface area contributed by atoms with E-state index in [1.54, 1.807) is 6.92 Å². The second kappa shape index (κ2) is 2.50. The Morgan fingerprint density at radius 1 is 1.43 bits per heavy atom. The molecule has 0 unspecified atom stereocenters. The smallest absolute Gasteiger partial charge is 0.129 e. The van der Waals surface area contributed by atoms with Crippen molar-refractivity contribution in [2.45, 2.75) is 20.3 Å². The Morgan fingerprint density at radius 3 is 1.86 bits per heavy atom. The molecule has 7 heavy (non-hydrogen) atoms. The highest BCUT2D eigenvalue weighted by molar-refractivity contribution is 4.92. The largest absolute Gasteiger partial charge is 0.509 e. The molecule has 0 aliphatic carbocycles. The zero-order valence-electron chi connectivity index (χ0n) is 4.60. The third-order valence-corrected chi connectivity index (χ3v) is 0.753. The molecule has 2 N–H and O–H groups in total. The summed E-state index contributed by atoms with van der Waals surface area (Å²) < 4.78 is 0. The molecule has 42 valence electrons. The summed E-state index contributed by atoms with van der Waals surface area (Å²) in [4.78, 5) is 0. The van der Waals surface area contributed by atoms with Gasteiger partial charge in [0.1, 0.15) is 11.5 Å². The molecule has 0 heterocycles. The van der Waals surface area contributed by atoms with Gasteiger partial charge >= 0.3 is 0 Å². The number of aliphatic hydroxyl groups excluding tert-OH is 2. The first-order valence-corrected chi connectivity index (χ1v) is 2.26. The molecule has 0 aliphatic rings. The van der Waals surface area contributed by atoms with Crippen LogP contribution in [0.1, 0.15) is 20.3 Å². The molecule has 2 heteroatoms. The van der Waals surface area contributed by atoms with Gasteiger partial charge in [0, 0.05) is 6.42 Å². The Hall–Kier alpha value is -0.660. The summed E-state index contributed by atoms with van der Waals surface area (Å²) in [7, 11) is 0. The predicted molar refractivity (Wildman–Crippen MR) is 28.2 cm³/mol. The number of hydrogen-bond acceptors (Lipinski definition) is 2. The van der Waals surface area contributed by atoms with E-state index in [0.717, 1.165) is 0 Å². The predicted octanol–water partition coefficient (Wildman–Crippen LogP) is 1.74. The van der Waals surface area contributed by atoms with Crippen LogP contribution in [0.4, 0.5) is 0 Å². The van der Waals surface area contributed by atoms with Crippen LogP contribution in [0.25, 0.3) is 0 Å². The van der Waals surface area contributed by atoms with Crippen LogP contribution in [0.15, 0.2) is 11.5 Å². The van der Waals surface area contributed by atoms with Crippen molar-refractivity contribution in [3.8, 4) is 0 Å². The van der Waals surface area contributed by atoms with E-state index in [2.05, 4.69) is 0 Å². The Bertz CT molecular complexity index is 80.1. The zero-order valence-corrected chi connectivity index (χ0v) is 4.60. The van der Waals surface area contributed by atoms with Gasteiger partial charge in [0.25, 0.3) is 0 Å². The molecule has 0 bridgehead atoms. The van der Waals surface area contributed by atoms with E-state index in [1.165, 1.54) is 6.92 Å². The topological polar surface area (TPSA) is 40.5 Å². The molecule has 0 spiro atoms. The molecule has 0 radical (unpaired) electrons. The summed E-state index contributed by atoms with van der Waals surface area (Å²) in [6.07, 6.45) is 0.502. The quantitative estimate of drug-likeness (QED) is 0.495. The monoisotopic (exact) mass is 102 g/mol. The van der Waals surface area contributed by atoms with Gasteiger partial charge in [-0.25, -0.2) is 0 Å². The normalized spacial score (nSPS) is 13.4. The van der Waals surface area contributed by atoms with Gasteiger partial charge in [0.15, 0.2) is 0 Å². The SMILES string of the molecule is CC/C(O)=C(\C)O. The number of hydrogen-bond donors (Lipinski definition) is 2. The van der Waals surface area contributed by atoms with E-state index >= 15 is 0 Å². The lowest BCUT2D eigenvalue weighted by atomic mass is 10.3. The van der Waals surface area contributed by atoms with Crippen molar-refractivity contribution in [1.82, 2.24) is 0 Å². The minimum atomic E-state index is 0.0162. The van der Waals surface area contributed by atoms with Gasteiger partial charge in [-0.3, -0.25) is 0 Å². The van der Waals surface area contributed by atoms with Crippen LogP contribution in [0.2, 0.25) is 0 Å². The van der Waals surface area contributed by atoms with E-state index in [4.69, 9.17) is 10.2 Å². The third kappa shape index (κ3) is 2.09. The molecular weight excluding hydrogens is 92.1 g/mol. The highest BCUT2D eigenvalue weighted by Gasteiger charge is 1.89. The van der Waals surface area contributed by atoms with Gasteiger partial charge in [-0.15, -0.1) is 0 Å². The molecule has 0 fully saturated rings. The van der Waals surface area contributed by atoms with E-state index in [-0.39, 0.29) is 11.5 Å². The highest BCUT2D eigenvalue weighted by Crippen LogP contribution is 1.98. The van der Waals surface area contributed by atoms with Crippen LogP contribution in [0, 0.1) is 0 Å². The molecule has 2 nitrogen and oxygen atoms in total. The summed E-state index contributed by atoms with van der Waals surface area (Å²) in [6.45, 7) is 3.23. The zero-order chi connectivity index (χ0) is 5.86. The van der Waals surface area contributed by atoms with Crippen molar-refractivity contribution in [1.29, 1.82) is 0 Å². The average molecular weight is 102 g/mol. The van der Waals surface area contributed by atoms with Crippen molar-refractivity contribution >= 4 is 0 Å². The Morgan fingerprint density at radius 2 is 1.86 bits per heavy atom. The van der Waals surface area contributed by atoms with E-state index < -0.39 is 0 Å². The molecular formula is C5H10O2. The Kier molecular flexibility index (Phi) is 2.27. The molecule has 0 amide bonds. The fraction of sp³-hybridized carbons (Fsp3) is 0.600. The van der Waals surface area contributed by atoms with Crippen LogP contribution in [-0.4, -0.2) is 10.2 Å². The maximum atomic E-state index is 8.56. The highest BCUT2D eigenvalue weighted by atomic mass is 16.3. The molecule has 0 atom stereocenters. The Labute approximate surface area is 43.1 Å². The second-order valence-electron chi connectivity index (χ2n) is 1.39. The van der Waals surface area contributed by atoms with Gasteiger partial charge in [0.05, 0.1) is 0 Å². The van der Waals surface area contributed by atoms with Crippen LogP contribution in [-0.2, 0) is 0 Å². The fourth-order valence-electron chi connectivity index (χ4n) is 0.256. The second-order valence-corrected chi connectivity index (χ2v) is 1.39. The van der Waals surface area contributed by atoms with Crippen molar-refractivity contribution in [3.63, 3.8) is 0 Å². The summed E-state index contributed by atoms with van der Waals surface area (Å²) in [5.74, 6) is 0.0856. The van der Waals surface area contributed by atoms with Gasteiger partial charge in [0.2, 0.25) is 0 Å².